The van der Waals surface area contributed by atoms with E-state index in [0.29, 0.717) is 22.6 Å². The van der Waals surface area contributed by atoms with Crippen LogP contribution in [0, 0.1) is 6.92 Å². The van der Waals surface area contributed by atoms with Gasteiger partial charge in [0.15, 0.2) is 12.1 Å². The predicted molar refractivity (Wildman–Crippen MR) is 102 cm³/mol. The van der Waals surface area contributed by atoms with E-state index >= 15 is 0 Å². The molecule has 1 heterocycles. The lowest BCUT2D eigenvalue weighted by Crippen LogP contribution is -2.47. The van der Waals surface area contributed by atoms with Crippen molar-refractivity contribution in [1.82, 2.24) is 0 Å². The number of methoxy groups -OCH3 is 1. The average Bonchev–Trinajstić information content (AvgIpc) is 3.05. The second-order valence-corrected chi connectivity index (χ2v) is 6.25. The molecule has 1 amide bonds. The van der Waals surface area contributed by atoms with Crippen molar-refractivity contribution in [2.45, 2.75) is 26.0 Å². The molecule has 0 bridgehead atoms. The molecule has 0 radical (unpaired) electrons. The number of carbonyl (C=O) groups excluding carboxylic acids is 3. The number of rotatable bonds is 6. The van der Waals surface area contributed by atoms with E-state index in [1.54, 1.807) is 62.4 Å². The molecule has 7 heteroatoms. The van der Waals surface area contributed by atoms with Crippen LogP contribution in [0.2, 0.25) is 0 Å². The monoisotopic (exact) mass is 383 g/mol. The van der Waals surface area contributed by atoms with Gasteiger partial charge in [0, 0.05) is 5.56 Å². The molecule has 0 aliphatic carbocycles. The van der Waals surface area contributed by atoms with E-state index in [1.165, 1.54) is 12.0 Å². The number of ketones is 1. The molecular formula is C21H21NO6. The minimum Gasteiger partial charge on any atom is -0.497 e. The largest absolute Gasteiger partial charge is 0.497 e. The molecule has 0 N–H and O–H groups in total. The first-order chi connectivity index (χ1) is 13.5. The highest BCUT2D eigenvalue weighted by atomic mass is 16.6. The van der Waals surface area contributed by atoms with Crippen molar-refractivity contribution in [3.05, 3.63) is 59.7 Å². The van der Waals surface area contributed by atoms with Crippen molar-refractivity contribution in [1.29, 1.82) is 0 Å². The number of aryl methyl sites for hydroxylation is 1. The van der Waals surface area contributed by atoms with Gasteiger partial charge in [-0.3, -0.25) is 9.69 Å². The fourth-order valence-corrected chi connectivity index (χ4v) is 3.17. The molecule has 1 fully saturated rings. The molecule has 0 aromatic heterocycles. The Kier molecular flexibility index (Phi) is 5.63. The van der Waals surface area contributed by atoms with E-state index < -0.39 is 30.0 Å². The fraction of sp³-hybridized carbons (Fsp3) is 0.286. The number of cyclic esters (lactones) is 1. The Morgan fingerprint density at radius 1 is 1.14 bits per heavy atom. The number of hydrogen-bond acceptors (Lipinski definition) is 6. The lowest BCUT2D eigenvalue weighted by molar-refractivity contribution is -0.145. The maximum absolute atomic E-state index is 12.9. The Morgan fingerprint density at radius 2 is 1.86 bits per heavy atom. The van der Waals surface area contributed by atoms with Crippen LogP contribution in [0.25, 0.3) is 0 Å². The zero-order valence-electron chi connectivity index (χ0n) is 15.9. The minimum absolute atomic E-state index is 0.116. The normalized spacial score (nSPS) is 18.5. The van der Waals surface area contributed by atoms with Crippen LogP contribution in [-0.4, -0.2) is 43.7 Å². The van der Waals surface area contributed by atoms with Gasteiger partial charge in [-0.15, -0.1) is 0 Å². The van der Waals surface area contributed by atoms with Gasteiger partial charge in [0.25, 0.3) is 0 Å². The molecule has 0 saturated carbocycles. The Hall–Kier alpha value is -3.35. The summed E-state index contributed by atoms with van der Waals surface area (Å²) in [6.07, 6.45) is -2.07. The summed E-state index contributed by atoms with van der Waals surface area (Å²) in [5.41, 5.74) is 1.49. The molecule has 0 spiro atoms. The Morgan fingerprint density at radius 3 is 2.46 bits per heavy atom. The van der Waals surface area contributed by atoms with Crippen molar-refractivity contribution in [3.8, 4) is 5.75 Å². The summed E-state index contributed by atoms with van der Waals surface area (Å²) in [6.45, 7) is 3.55. The van der Waals surface area contributed by atoms with Crippen LogP contribution in [0.3, 0.4) is 0 Å². The van der Waals surface area contributed by atoms with Crippen LogP contribution >= 0.6 is 0 Å². The Bertz CT molecular complexity index is 895. The molecule has 1 saturated heterocycles. The third-order valence-electron chi connectivity index (χ3n) is 4.50. The number of esters is 1. The highest BCUT2D eigenvalue weighted by molar-refractivity contribution is 6.10. The SMILES string of the molecule is CCOC(=O)[C@H]1[C@H](C(=O)c2ccccc2)OC(=O)N1c1ccc(OC)cc1C. The number of nitrogens with zero attached hydrogens (tertiary/aromatic N) is 1. The van der Waals surface area contributed by atoms with Gasteiger partial charge < -0.3 is 14.2 Å². The second kappa shape index (κ2) is 8.12. The summed E-state index contributed by atoms with van der Waals surface area (Å²) in [7, 11) is 1.54. The maximum Gasteiger partial charge on any atom is 0.416 e. The van der Waals surface area contributed by atoms with Gasteiger partial charge in [0.05, 0.1) is 19.4 Å². The molecule has 1 aliphatic rings. The molecule has 2 atom stereocenters. The number of amides is 1. The van der Waals surface area contributed by atoms with Gasteiger partial charge in [-0.1, -0.05) is 30.3 Å². The Balaban J connectivity index is 2.03. The lowest BCUT2D eigenvalue weighted by Gasteiger charge is -2.24. The summed E-state index contributed by atoms with van der Waals surface area (Å²) in [5, 5.41) is 0. The van der Waals surface area contributed by atoms with Crippen molar-refractivity contribution in [3.63, 3.8) is 0 Å². The van der Waals surface area contributed by atoms with Gasteiger partial charge in [-0.25, -0.2) is 9.59 Å². The van der Waals surface area contributed by atoms with Crippen LogP contribution < -0.4 is 9.64 Å². The quantitative estimate of drug-likeness (QED) is 0.563. The van der Waals surface area contributed by atoms with Gasteiger partial charge in [-0.05, 0) is 37.6 Å². The first-order valence-corrected chi connectivity index (χ1v) is 8.88. The number of hydrogen-bond donors (Lipinski definition) is 0. The molecule has 7 nitrogen and oxygen atoms in total. The molecule has 28 heavy (non-hydrogen) atoms. The number of ether oxygens (including phenoxy) is 3. The number of carbonyl (C=O) groups is 3. The smallest absolute Gasteiger partial charge is 0.416 e. The van der Waals surface area contributed by atoms with Gasteiger partial charge in [0.1, 0.15) is 5.75 Å². The van der Waals surface area contributed by atoms with Crippen LogP contribution in [-0.2, 0) is 14.3 Å². The molecular weight excluding hydrogens is 362 g/mol. The minimum atomic E-state index is -1.30. The van der Waals surface area contributed by atoms with Gasteiger partial charge in [0.2, 0.25) is 5.78 Å². The zero-order valence-corrected chi connectivity index (χ0v) is 15.9. The standard InChI is InChI=1S/C21H21NO6/c1-4-27-20(24)17-19(18(23)14-8-6-5-7-9-14)28-21(25)22(17)16-11-10-15(26-3)12-13(16)2/h5-12,17,19H,4H2,1-3H3/t17-,19-/m1/s1. The van der Waals surface area contributed by atoms with Crippen LogP contribution in [0.15, 0.2) is 48.5 Å². The van der Waals surface area contributed by atoms with Crippen molar-refractivity contribution in [2.24, 2.45) is 0 Å². The highest BCUT2D eigenvalue weighted by Crippen LogP contribution is 2.33. The summed E-state index contributed by atoms with van der Waals surface area (Å²) < 4.78 is 15.7. The predicted octanol–water partition coefficient (Wildman–Crippen LogP) is 3.14. The van der Waals surface area contributed by atoms with E-state index in [1.807, 2.05) is 0 Å². The first kappa shape index (κ1) is 19.4. The molecule has 3 rings (SSSR count). The van der Waals surface area contributed by atoms with Crippen molar-refractivity contribution in [2.75, 3.05) is 18.6 Å². The topological polar surface area (TPSA) is 82.1 Å². The molecule has 1 aliphatic heterocycles. The van der Waals surface area contributed by atoms with E-state index in [2.05, 4.69) is 0 Å². The Labute approximate surface area is 162 Å². The summed E-state index contributed by atoms with van der Waals surface area (Å²) in [6, 6.07) is 12.2. The lowest BCUT2D eigenvalue weighted by atomic mass is 9.99. The van der Waals surface area contributed by atoms with Crippen molar-refractivity contribution >= 4 is 23.5 Å². The molecule has 146 valence electrons. The zero-order chi connectivity index (χ0) is 20.3. The fourth-order valence-electron chi connectivity index (χ4n) is 3.17. The second-order valence-electron chi connectivity index (χ2n) is 6.25. The molecule has 2 aromatic carbocycles. The van der Waals surface area contributed by atoms with Crippen LogP contribution in [0.1, 0.15) is 22.8 Å². The summed E-state index contributed by atoms with van der Waals surface area (Å²) in [5.74, 6) is -0.545. The first-order valence-electron chi connectivity index (χ1n) is 8.88. The van der Waals surface area contributed by atoms with E-state index in [-0.39, 0.29) is 6.61 Å². The third-order valence-corrected chi connectivity index (χ3v) is 4.50. The number of anilines is 1. The maximum atomic E-state index is 12.9. The van der Waals surface area contributed by atoms with Crippen molar-refractivity contribution < 1.29 is 28.6 Å². The number of benzene rings is 2. The molecule has 2 aromatic rings. The highest BCUT2D eigenvalue weighted by Gasteiger charge is 2.52. The summed E-state index contributed by atoms with van der Waals surface area (Å²) in [4.78, 5) is 39.5. The van der Waals surface area contributed by atoms with Crippen LogP contribution in [0.5, 0.6) is 5.75 Å². The van der Waals surface area contributed by atoms with Crippen LogP contribution in [0.4, 0.5) is 10.5 Å². The van der Waals surface area contributed by atoms with E-state index in [9.17, 15) is 14.4 Å². The average molecular weight is 383 g/mol. The number of Topliss-reactive ketones (excluding diaryl/α,β-unsaturated/α-hetero) is 1. The third kappa shape index (κ3) is 3.55. The van der Waals surface area contributed by atoms with E-state index in [4.69, 9.17) is 14.2 Å². The summed E-state index contributed by atoms with van der Waals surface area (Å²) >= 11 is 0. The molecule has 0 unspecified atom stereocenters. The van der Waals surface area contributed by atoms with Gasteiger partial charge >= 0.3 is 12.1 Å². The van der Waals surface area contributed by atoms with E-state index in [0.717, 1.165) is 0 Å². The van der Waals surface area contributed by atoms with Gasteiger partial charge in [-0.2, -0.15) is 0 Å².